The number of nitrogens with zero attached hydrogens (tertiary/aromatic N) is 2. The highest BCUT2D eigenvalue weighted by molar-refractivity contribution is 6.37. The second-order valence-corrected chi connectivity index (χ2v) is 7.98. The van der Waals surface area contributed by atoms with E-state index in [4.69, 9.17) is 4.74 Å². The Bertz CT molecular complexity index is 1230. The molecule has 0 atom stereocenters. The molecule has 8 heteroatoms. The lowest BCUT2D eigenvalue weighted by molar-refractivity contribution is -0.384. The maximum atomic E-state index is 13.0. The standard InChI is InChI=1S/C25H24N4O4/c1-28(2)15-16-4-8-18(9-5-16)26-24(17-6-11-20(33-3)12-7-17)23-21-14-19(29(31)32)10-13-22(21)27-25(23)30/h4-14,26H,15H2,1-3H3,(H,27,30). The average molecular weight is 444 g/mol. The first kappa shape index (κ1) is 22.0. The summed E-state index contributed by atoms with van der Waals surface area (Å²) < 4.78 is 5.26. The number of carbonyl (C=O) groups is 1. The molecule has 1 aliphatic heterocycles. The van der Waals surface area contributed by atoms with Gasteiger partial charge < -0.3 is 20.3 Å². The molecule has 3 aromatic rings. The van der Waals surface area contributed by atoms with E-state index in [1.165, 1.54) is 12.1 Å². The summed E-state index contributed by atoms with van der Waals surface area (Å²) in [4.78, 5) is 26.0. The lowest BCUT2D eigenvalue weighted by Crippen LogP contribution is -2.11. The molecule has 0 aromatic heterocycles. The van der Waals surface area contributed by atoms with Crippen LogP contribution in [0.4, 0.5) is 17.1 Å². The lowest BCUT2D eigenvalue weighted by Gasteiger charge is -2.16. The van der Waals surface area contributed by atoms with Gasteiger partial charge in [0.2, 0.25) is 0 Å². The zero-order chi connectivity index (χ0) is 23.5. The number of benzene rings is 3. The van der Waals surface area contributed by atoms with Gasteiger partial charge in [-0.1, -0.05) is 12.1 Å². The van der Waals surface area contributed by atoms with Gasteiger partial charge in [-0.15, -0.1) is 0 Å². The SMILES string of the molecule is COc1ccc(C(Nc2ccc(CN(C)C)cc2)=C2C(=O)Nc3ccc([N+](=O)[O-])cc32)cc1. The molecule has 0 saturated heterocycles. The van der Waals surface area contributed by atoms with Crippen LogP contribution in [0.1, 0.15) is 16.7 Å². The molecule has 0 bridgehead atoms. The van der Waals surface area contributed by atoms with Crippen LogP contribution in [0.3, 0.4) is 0 Å². The van der Waals surface area contributed by atoms with Crippen molar-refractivity contribution in [2.24, 2.45) is 0 Å². The van der Waals surface area contributed by atoms with Crippen LogP contribution in [0.15, 0.2) is 66.7 Å². The van der Waals surface area contributed by atoms with Crippen LogP contribution in [0.25, 0.3) is 11.3 Å². The molecular weight excluding hydrogens is 420 g/mol. The fraction of sp³-hybridized carbons (Fsp3) is 0.160. The fourth-order valence-corrected chi connectivity index (χ4v) is 3.76. The number of nitro benzene ring substituents is 1. The number of hydrogen-bond donors (Lipinski definition) is 2. The van der Waals surface area contributed by atoms with Gasteiger partial charge in [0.15, 0.2) is 0 Å². The van der Waals surface area contributed by atoms with Gasteiger partial charge in [0, 0.05) is 35.6 Å². The molecule has 3 aromatic carbocycles. The van der Waals surface area contributed by atoms with Crippen LogP contribution in [0.2, 0.25) is 0 Å². The Morgan fingerprint density at radius 3 is 2.36 bits per heavy atom. The smallest absolute Gasteiger partial charge is 0.270 e. The Morgan fingerprint density at radius 2 is 1.76 bits per heavy atom. The molecule has 0 unspecified atom stereocenters. The average Bonchev–Trinajstić information content (AvgIpc) is 3.13. The van der Waals surface area contributed by atoms with Crippen LogP contribution < -0.4 is 15.4 Å². The minimum absolute atomic E-state index is 0.0788. The van der Waals surface area contributed by atoms with Gasteiger partial charge in [0.05, 0.1) is 23.3 Å². The van der Waals surface area contributed by atoms with E-state index in [9.17, 15) is 14.9 Å². The Kier molecular flexibility index (Phi) is 6.10. The van der Waals surface area contributed by atoms with E-state index in [-0.39, 0.29) is 11.6 Å². The number of amides is 1. The fourth-order valence-electron chi connectivity index (χ4n) is 3.76. The molecule has 0 spiro atoms. The van der Waals surface area contributed by atoms with E-state index in [0.29, 0.717) is 28.3 Å². The molecule has 1 amide bonds. The third-order valence-electron chi connectivity index (χ3n) is 5.31. The van der Waals surface area contributed by atoms with E-state index in [1.54, 1.807) is 25.3 Å². The van der Waals surface area contributed by atoms with Crippen LogP contribution in [-0.4, -0.2) is 36.9 Å². The Labute approximate surface area is 191 Å². The van der Waals surface area contributed by atoms with Crippen LogP contribution in [-0.2, 0) is 11.3 Å². The quantitative estimate of drug-likeness (QED) is 0.314. The highest BCUT2D eigenvalue weighted by Gasteiger charge is 2.30. The highest BCUT2D eigenvalue weighted by atomic mass is 16.6. The largest absolute Gasteiger partial charge is 0.497 e. The van der Waals surface area contributed by atoms with Gasteiger partial charge in [-0.2, -0.15) is 0 Å². The summed E-state index contributed by atoms with van der Waals surface area (Å²) >= 11 is 0. The topological polar surface area (TPSA) is 96.7 Å². The summed E-state index contributed by atoms with van der Waals surface area (Å²) in [5.74, 6) is 0.357. The molecule has 2 N–H and O–H groups in total. The summed E-state index contributed by atoms with van der Waals surface area (Å²) in [7, 11) is 5.60. The maximum Gasteiger partial charge on any atom is 0.270 e. The maximum absolute atomic E-state index is 13.0. The van der Waals surface area contributed by atoms with Gasteiger partial charge in [0.25, 0.3) is 11.6 Å². The van der Waals surface area contributed by atoms with Crippen molar-refractivity contribution in [3.05, 3.63) is 93.5 Å². The lowest BCUT2D eigenvalue weighted by atomic mass is 9.99. The second kappa shape index (κ2) is 9.13. The van der Waals surface area contributed by atoms with Crippen molar-refractivity contribution in [1.29, 1.82) is 0 Å². The van der Waals surface area contributed by atoms with Crippen molar-refractivity contribution in [3.8, 4) is 5.75 Å². The molecule has 0 aliphatic carbocycles. The monoisotopic (exact) mass is 444 g/mol. The molecule has 0 saturated carbocycles. The Hall–Kier alpha value is -4.17. The third-order valence-corrected chi connectivity index (χ3v) is 5.31. The number of carbonyl (C=O) groups excluding carboxylic acids is 1. The Balaban J connectivity index is 1.83. The van der Waals surface area contributed by atoms with Crippen molar-refractivity contribution in [1.82, 2.24) is 4.90 Å². The van der Waals surface area contributed by atoms with Crippen molar-refractivity contribution >= 4 is 34.2 Å². The van der Waals surface area contributed by atoms with E-state index >= 15 is 0 Å². The first-order valence-corrected chi connectivity index (χ1v) is 10.4. The molecule has 168 valence electrons. The summed E-state index contributed by atoms with van der Waals surface area (Å²) in [6, 6.07) is 19.6. The molecule has 4 rings (SSSR count). The number of methoxy groups -OCH3 is 1. The number of anilines is 2. The summed E-state index contributed by atoms with van der Waals surface area (Å²) in [6.07, 6.45) is 0. The number of nitro groups is 1. The molecule has 1 aliphatic rings. The zero-order valence-electron chi connectivity index (χ0n) is 18.6. The minimum atomic E-state index is -0.468. The molecule has 0 fully saturated rings. The van der Waals surface area contributed by atoms with Crippen LogP contribution in [0, 0.1) is 10.1 Å². The summed E-state index contributed by atoms with van der Waals surface area (Å²) in [5, 5.41) is 17.5. The summed E-state index contributed by atoms with van der Waals surface area (Å²) in [5.41, 5.74) is 4.53. The number of fused-ring (bicyclic) bond motifs is 1. The van der Waals surface area contributed by atoms with Gasteiger partial charge in [-0.3, -0.25) is 14.9 Å². The normalized spacial score (nSPS) is 14.0. The van der Waals surface area contributed by atoms with Gasteiger partial charge in [0.1, 0.15) is 5.75 Å². The summed E-state index contributed by atoms with van der Waals surface area (Å²) in [6.45, 7) is 0.812. The molecule has 33 heavy (non-hydrogen) atoms. The molecule has 1 heterocycles. The third kappa shape index (κ3) is 4.70. The second-order valence-electron chi connectivity index (χ2n) is 7.98. The van der Waals surface area contributed by atoms with Crippen molar-refractivity contribution < 1.29 is 14.5 Å². The molecule has 8 nitrogen and oxygen atoms in total. The number of hydrogen-bond acceptors (Lipinski definition) is 6. The first-order chi connectivity index (χ1) is 15.9. The Morgan fingerprint density at radius 1 is 1.06 bits per heavy atom. The minimum Gasteiger partial charge on any atom is -0.497 e. The van der Waals surface area contributed by atoms with Gasteiger partial charge in [-0.25, -0.2) is 0 Å². The highest BCUT2D eigenvalue weighted by Crippen LogP contribution is 2.39. The van der Waals surface area contributed by atoms with Crippen molar-refractivity contribution in [2.75, 3.05) is 31.8 Å². The van der Waals surface area contributed by atoms with Crippen molar-refractivity contribution in [2.45, 2.75) is 6.54 Å². The molecular formula is C25H24N4O4. The number of nitrogens with one attached hydrogen (secondary N) is 2. The van der Waals surface area contributed by atoms with E-state index in [2.05, 4.69) is 15.5 Å². The van der Waals surface area contributed by atoms with Gasteiger partial charge >= 0.3 is 0 Å². The predicted molar refractivity (Wildman–Crippen MR) is 129 cm³/mol. The van der Waals surface area contributed by atoms with Crippen molar-refractivity contribution in [3.63, 3.8) is 0 Å². The van der Waals surface area contributed by atoms with Crippen LogP contribution in [0.5, 0.6) is 5.75 Å². The van der Waals surface area contributed by atoms with Crippen LogP contribution >= 0.6 is 0 Å². The van der Waals surface area contributed by atoms with E-state index in [0.717, 1.165) is 23.4 Å². The first-order valence-electron chi connectivity index (χ1n) is 10.4. The number of non-ortho nitro benzene ring substituents is 1. The predicted octanol–water partition coefficient (Wildman–Crippen LogP) is 4.60. The van der Waals surface area contributed by atoms with E-state index < -0.39 is 4.92 Å². The van der Waals surface area contributed by atoms with Gasteiger partial charge in [-0.05, 0) is 67.7 Å². The number of ether oxygens (including phenoxy) is 1. The number of rotatable bonds is 7. The molecule has 0 radical (unpaired) electrons. The zero-order valence-corrected chi connectivity index (χ0v) is 18.6. The van der Waals surface area contributed by atoms with E-state index in [1.807, 2.05) is 50.5 Å².